The zero-order valence-electron chi connectivity index (χ0n) is 21.6. The molecule has 0 spiro atoms. The van der Waals surface area contributed by atoms with Gasteiger partial charge in [-0.2, -0.15) is 8.61 Å². The third kappa shape index (κ3) is 5.96. The maximum atomic E-state index is 13.8. The molecular formula is C26H36N2O7S2. The molecule has 0 amide bonds. The Kier molecular flexibility index (Phi) is 8.80. The minimum Gasteiger partial charge on any atom is -0.493 e. The molecule has 2 saturated heterocycles. The van der Waals surface area contributed by atoms with Crippen LogP contribution in [0, 0.1) is 0 Å². The second-order valence-electron chi connectivity index (χ2n) is 9.52. The number of sulfonamides is 2. The molecule has 0 bridgehead atoms. The van der Waals surface area contributed by atoms with E-state index >= 15 is 0 Å². The molecule has 9 nitrogen and oxygen atoms in total. The van der Waals surface area contributed by atoms with E-state index in [1.807, 2.05) is 6.92 Å². The van der Waals surface area contributed by atoms with Crippen LogP contribution in [0.2, 0.25) is 0 Å². The van der Waals surface area contributed by atoms with Crippen LogP contribution in [-0.2, 0) is 31.3 Å². The highest BCUT2D eigenvalue weighted by Crippen LogP contribution is 2.33. The third-order valence-corrected chi connectivity index (χ3v) is 10.9. The molecule has 37 heavy (non-hydrogen) atoms. The molecule has 0 aromatic heterocycles. The van der Waals surface area contributed by atoms with Crippen molar-refractivity contribution < 1.29 is 31.0 Å². The van der Waals surface area contributed by atoms with Crippen LogP contribution < -0.4 is 9.47 Å². The van der Waals surface area contributed by atoms with E-state index in [-0.39, 0.29) is 35.0 Å². The van der Waals surface area contributed by atoms with Crippen molar-refractivity contribution in [2.24, 2.45) is 0 Å². The molecule has 2 aliphatic heterocycles. The lowest BCUT2D eigenvalue weighted by Crippen LogP contribution is -2.41. The minimum atomic E-state index is -3.98. The van der Waals surface area contributed by atoms with Crippen LogP contribution in [0.3, 0.4) is 0 Å². The van der Waals surface area contributed by atoms with Crippen LogP contribution in [0.1, 0.15) is 44.6 Å². The van der Waals surface area contributed by atoms with Crippen molar-refractivity contribution in [3.63, 3.8) is 0 Å². The maximum Gasteiger partial charge on any atom is 0.243 e. The quantitative estimate of drug-likeness (QED) is 0.443. The van der Waals surface area contributed by atoms with Crippen LogP contribution in [0.25, 0.3) is 0 Å². The standard InChI is InChI=1S/C26H36N2O7S2/c1-20-8-4-5-16-28(20)37(31,32)24-14-12-23(13-15-24)36(29,30)27(19-22-10-7-17-35-22)18-21-9-6-11-25(33-2)26(21)34-3/h6,9,11-15,20,22H,4-5,7-8,10,16-19H2,1-3H3. The van der Waals surface area contributed by atoms with Gasteiger partial charge in [0.05, 0.1) is 30.1 Å². The largest absolute Gasteiger partial charge is 0.493 e. The summed E-state index contributed by atoms with van der Waals surface area (Å²) in [6.45, 7) is 3.21. The first-order chi connectivity index (χ1) is 17.7. The Labute approximate surface area is 220 Å². The molecule has 0 N–H and O–H groups in total. The SMILES string of the molecule is COc1cccc(CN(CC2CCCO2)S(=O)(=O)c2ccc(S(=O)(=O)N3CCCCC3C)cc2)c1OC. The molecule has 2 heterocycles. The van der Waals surface area contributed by atoms with Gasteiger partial charge in [0, 0.05) is 37.8 Å². The van der Waals surface area contributed by atoms with Crippen molar-refractivity contribution in [3.8, 4) is 11.5 Å². The van der Waals surface area contributed by atoms with Crippen LogP contribution in [0.15, 0.2) is 52.3 Å². The fourth-order valence-corrected chi connectivity index (χ4v) is 8.18. The number of hydrogen-bond acceptors (Lipinski definition) is 7. The minimum absolute atomic E-state index is 0.0259. The second kappa shape index (κ2) is 11.7. The number of methoxy groups -OCH3 is 2. The summed E-state index contributed by atoms with van der Waals surface area (Å²) in [5, 5.41) is 0. The van der Waals surface area contributed by atoms with Crippen molar-refractivity contribution in [1.29, 1.82) is 0 Å². The predicted octanol–water partition coefficient (Wildman–Crippen LogP) is 3.64. The molecule has 0 aliphatic carbocycles. The number of hydrogen-bond donors (Lipinski definition) is 0. The van der Waals surface area contributed by atoms with Crippen LogP contribution in [0.4, 0.5) is 0 Å². The molecule has 0 saturated carbocycles. The highest BCUT2D eigenvalue weighted by atomic mass is 32.2. The van der Waals surface area contributed by atoms with Crippen molar-refractivity contribution >= 4 is 20.0 Å². The fourth-order valence-electron chi connectivity index (χ4n) is 5.03. The van der Waals surface area contributed by atoms with E-state index in [0.29, 0.717) is 30.2 Å². The topological polar surface area (TPSA) is 102 Å². The first kappa shape index (κ1) is 27.8. The number of benzene rings is 2. The van der Waals surface area contributed by atoms with Gasteiger partial charge < -0.3 is 14.2 Å². The van der Waals surface area contributed by atoms with E-state index in [1.165, 1.54) is 47.1 Å². The number of ether oxygens (including phenoxy) is 3. The van der Waals surface area contributed by atoms with Crippen molar-refractivity contribution in [2.75, 3.05) is 33.9 Å². The molecule has 2 aromatic rings. The molecule has 11 heteroatoms. The molecular weight excluding hydrogens is 516 g/mol. The van der Waals surface area contributed by atoms with Gasteiger partial charge in [0.15, 0.2) is 11.5 Å². The van der Waals surface area contributed by atoms with Crippen molar-refractivity contribution in [2.45, 2.75) is 67.5 Å². The zero-order valence-corrected chi connectivity index (χ0v) is 23.3. The average molecular weight is 553 g/mol. The monoisotopic (exact) mass is 552 g/mol. The molecule has 2 aliphatic rings. The van der Waals surface area contributed by atoms with Gasteiger partial charge in [-0.25, -0.2) is 16.8 Å². The molecule has 204 valence electrons. The summed E-state index contributed by atoms with van der Waals surface area (Å²) >= 11 is 0. The summed E-state index contributed by atoms with van der Waals surface area (Å²) < 4.78 is 73.6. The van der Waals surface area contributed by atoms with E-state index in [4.69, 9.17) is 14.2 Å². The lowest BCUT2D eigenvalue weighted by molar-refractivity contribution is 0.0924. The third-order valence-electron chi connectivity index (χ3n) is 7.07. The smallest absolute Gasteiger partial charge is 0.243 e. The highest BCUT2D eigenvalue weighted by molar-refractivity contribution is 7.89. The van der Waals surface area contributed by atoms with E-state index in [9.17, 15) is 16.8 Å². The number of piperidine rings is 1. The Hall–Kier alpha value is -2.18. The molecule has 2 atom stereocenters. The number of nitrogens with zero attached hydrogens (tertiary/aromatic N) is 2. The Balaban J connectivity index is 1.64. The first-order valence-electron chi connectivity index (χ1n) is 12.6. The van der Waals surface area contributed by atoms with Crippen LogP contribution >= 0.6 is 0 Å². The second-order valence-corrected chi connectivity index (χ2v) is 13.3. The summed E-state index contributed by atoms with van der Waals surface area (Å²) in [5.74, 6) is 0.977. The molecule has 4 rings (SSSR count). The van der Waals surface area contributed by atoms with E-state index in [0.717, 1.165) is 32.1 Å². The maximum absolute atomic E-state index is 13.8. The Morgan fingerprint density at radius 2 is 1.68 bits per heavy atom. The van der Waals surface area contributed by atoms with Crippen molar-refractivity contribution in [1.82, 2.24) is 8.61 Å². The Morgan fingerprint density at radius 1 is 0.946 bits per heavy atom. The Bertz CT molecular complexity index is 1270. The summed E-state index contributed by atoms with van der Waals surface area (Å²) in [6.07, 6.45) is 4.07. The molecule has 2 fully saturated rings. The Morgan fingerprint density at radius 3 is 2.30 bits per heavy atom. The summed E-state index contributed by atoms with van der Waals surface area (Å²) in [6, 6.07) is 10.8. The predicted molar refractivity (Wildman–Crippen MR) is 140 cm³/mol. The van der Waals surface area contributed by atoms with Gasteiger partial charge in [-0.3, -0.25) is 0 Å². The number of para-hydroxylation sites is 1. The summed E-state index contributed by atoms with van der Waals surface area (Å²) in [4.78, 5) is 0.123. The van der Waals surface area contributed by atoms with Gasteiger partial charge in [-0.15, -0.1) is 0 Å². The van der Waals surface area contributed by atoms with E-state index in [2.05, 4.69) is 0 Å². The van der Waals surface area contributed by atoms with Gasteiger partial charge in [-0.05, 0) is 62.9 Å². The lowest BCUT2D eigenvalue weighted by atomic mass is 10.1. The molecule has 2 aromatic carbocycles. The van der Waals surface area contributed by atoms with Gasteiger partial charge in [0.2, 0.25) is 20.0 Å². The van der Waals surface area contributed by atoms with E-state index < -0.39 is 20.0 Å². The van der Waals surface area contributed by atoms with E-state index in [1.54, 1.807) is 18.2 Å². The molecule has 2 unspecified atom stereocenters. The molecule has 0 radical (unpaired) electrons. The van der Waals surface area contributed by atoms with Gasteiger partial charge in [-0.1, -0.05) is 18.6 Å². The summed E-state index contributed by atoms with van der Waals surface area (Å²) in [5.41, 5.74) is 0.654. The first-order valence-corrected chi connectivity index (χ1v) is 15.5. The van der Waals surface area contributed by atoms with Crippen molar-refractivity contribution in [3.05, 3.63) is 48.0 Å². The van der Waals surface area contributed by atoms with Crippen LogP contribution in [-0.4, -0.2) is 71.5 Å². The zero-order chi connectivity index (χ0) is 26.6. The van der Waals surface area contributed by atoms with Crippen LogP contribution in [0.5, 0.6) is 11.5 Å². The average Bonchev–Trinajstić information content (AvgIpc) is 3.41. The lowest BCUT2D eigenvalue weighted by Gasteiger charge is -2.32. The van der Waals surface area contributed by atoms with Gasteiger partial charge in [0.25, 0.3) is 0 Å². The highest BCUT2D eigenvalue weighted by Gasteiger charge is 2.33. The van der Waals surface area contributed by atoms with Gasteiger partial charge in [0.1, 0.15) is 0 Å². The normalized spacial score (nSPS) is 21.3. The fraction of sp³-hybridized carbons (Fsp3) is 0.538. The van der Waals surface area contributed by atoms with Gasteiger partial charge >= 0.3 is 0 Å². The summed E-state index contributed by atoms with van der Waals surface area (Å²) in [7, 11) is -4.64. The number of rotatable bonds is 10.